The van der Waals surface area contributed by atoms with Crippen LogP contribution in [0, 0.1) is 0 Å². The van der Waals surface area contributed by atoms with Crippen LogP contribution < -0.4 is 9.47 Å². The van der Waals surface area contributed by atoms with Gasteiger partial charge in [-0.25, -0.2) is 0 Å². The van der Waals surface area contributed by atoms with E-state index in [4.69, 9.17) is 32.7 Å². The van der Waals surface area contributed by atoms with Gasteiger partial charge in [0.2, 0.25) is 5.78 Å². The number of rotatable bonds is 2. The lowest BCUT2D eigenvalue weighted by atomic mass is 10.1. The molecule has 0 amide bonds. The van der Waals surface area contributed by atoms with E-state index in [0.717, 1.165) is 5.56 Å². The van der Waals surface area contributed by atoms with Crippen molar-refractivity contribution in [2.75, 3.05) is 7.11 Å². The van der Waals surface area contributed by atoms with Crippen LogP contribution in [0.4, 0.5) is 0 Å². The van der Waals surface area contributed by atoms with Crippen LogP contribution in [0.1, 0.15) is 15.9 Å². The van der Waals surface area contributed by atoms with E-state index in [-0.39, 0.29) is 11.5 Å². The first-order valence-corrected chi connectivity index (χ1v) is 6.91. The van der Waals surface area contributed by atoms with Crippen molar-refractivity contribution in [3.63, 3.8) is 0 Å². The monoisotopic (exact) mass is 320 g/mol. The highest BCUT2D eigenvalue weighted by Crippen LogP contribution is 2.35. The summed E-state index contributed by atoms with van der Waals surface area (Å²) >= 11 is 11.8. The number of fused-ring (bicyclic) bond motifs is 1. The standard InChI is InChI=1S/C16H10Cl2O3/c1-20-10-3-4-11-14(8-10)21-15(16(11)19)7-9-2-5-12(17)13(18)6-9/h2-8H,1H3/b15-7+. The number of ketones is 1. The smallest absolute Gasteiger partial charge is 0.231 e. The van der Waals surface area contributed by atoms with Crippen molar-refractivity contribution in [1.82, 2.24) is 0 Å². The number of carbonyl (C=O) groups excluding carboxylic acids is 1. The summed E-state index contributed by atoms with van der Waals surface area (Å²) in [7, 11) is 1.56. The maximum Gasteiger partial charge on any atom is 0.231 e. The average molecular weight is 321 g/mol. The van der Waals surface area contributed by atoms with E-state index >= 15 is 0 Å². The topological polar surface area (TPSA) is 35.5 Å². The molecule has 2 aromatic rings. The zero-order valence-corrected chi connectivity index (χ0v) is 12.5. The number of hydrogen-bond donors (Lipinski definition) is 0. The Hall–Kier alpha value is -1.97. The Kier molecular flexibility index (Phi) is 3.62. The third-order valence-electron chi connectivity index (χ3n) is 3.12. The Bertz CT molecular complexity index is 766. The molecule has 0 saturated heterocycles. The Morgan fingerprint density at radius 2 is 1.90 bits per heavy atom. The van der Waals surface area contributed by atoms with Gasteiger partial charge in [0.1, 0.15) is 11.5 Å². The van der Waals surface area contributed by atoms with E-state index in [1.54, 1.807) is 49.6 Å². The van der Waals surface area contributed by atoms with Crippen LogP contribution in [-0.2, 0) is 0 Å². The van der Waals surface area contributed by atoms with Crippen molar-refractivity contribution >= 4 is 35.1 Å². The largest absolute Gasteiger partial charge is 0.497 e. The summed E-state index contributed by atoms with van der Waals surface area (Å²) in [5.74, 6) is 1.21. The number of Topliss-reactive ketones (excluding diaryl/α,β-unsaturated/α-hetero) is 1. The highest BCUT2D eigenvalue weighted by molar-refractivity contribution is 6.42. The van der Waals surface area contributed by atoms with E-state index in [1.165, 1.54) is 0 Å². The van der Waals surface area contributed by atoms with Gasteiger partial charge in [-0.2, -0.15) is 0 Å². The molecule has 1 aliphatic heterocycles. The molecule has 0 atom stereocenters. The van der Waals surface area contributed by atoms with Gasteiger partial charge < -0.3 is 9.47 Å². The van der Waals surface area contributed by atoms with E-state index in [1.807, 2.05) is 0 Å². The zero-order chi connectivity index (χ0) is 15.0. The Labute approximate surface area is 131 Å². The Morgan fingerprint density at radius 3 is 2.62 bits per heavy atom. The van der Waals surface area contributed by atoms with E-state index < -0.39 is 0 Å². The minimum Gasteiger partial charge on any atom is -0.497 e. The molecule has 0 aromatic heterocycles. The normalized spacial score (nSPS) is 15.0. The minimum absolute atomic E-state index is 0.168. The fourth-order valence-electron chi connectivity index (χ4n) is 2.05. The fourth-order valence-corrected chi connectivity index (χ4v) is 2.35. The van der Waals surface area contributed by atoms with Crippen LogP contribution in [0.25, 0.3) is 6.08 Å². The maximum atomic E-state index is 12.3. The van der Waals surface area contributed by atoms with Crippen molar-refractivity contribution in [2.45, 2.75) is 0 Å². The van der Waals surface area contributed by atoms with Gasteiger partial charge in [-0.05, 0) is 35.9 Å². The lowest BCUT2D eigenvalue weighted by Crippen LogP contribution is -1.97. The molecular formula is C16H10Cl2O3. The van der Waals surface area contributed by atoms with Crippen molar-refractivity contribution in [3.8, 4) is 11.5 Å². The lowest BCUT2D eigenvalue weighted by Gasteiger charge is -2.02. The van der Waals surface area contributed by atoms with Gasteiger partial charge in [-0.15, -0.1) is 0 Å². The highest BCUT2D eigenvalue weighted by atomic mass is 35.5. The predicted octanol–water partition coefficient (Wildman–Crippen LogP) is 4.62. The molecule has 1 aliphatic rings. The maximum absolute atomic E-state index is 12.3. The first-order valence-electron chi connectivity index (χ1n) is 6.16. The molecule has 1 heterocycles. The van der Waals surface area contributed by atoms with Crippen LogP contribution >= 0.6 is 23.2 Å². The second-order valence-corrected chi connectivity index (χ2v) is 5.29. The van der Waals surface area contributed by atoms with E-state index in [9.17, 15) is 4.79 Å². The summed E-state index contributed by atoms with van der Waals surface area (Å²) in [6.45, 7) is 0. The first kappa shape index (κ1) is 14.0. The van der Waals surface area contributed by atoms with Crippen molar-refractivity contribution in [3.05, 3.63) is 63.3 Å². The van der Waals surface area contributed by atoms with Gasteiger partial charge in [0.05, 0.1) is 22.7 Å². The highest BCUT2D eigenvalue weighted by Gasteiger charge is 2.27. The number of methoxy groups -OCH3 is 1. The minimum atomic E-state index is -0.168. The molecule has 0 spiro atoms. The van der Waals surface area contributed by atoms with Gasteiger partial charge in [0, 0.05) is 6.07 Å². The average Bonchev–Trinajstić information content (AvgIpc) is 2.79. The second-order valence-electron chi connectivity index (χ2n) is 4.48. The summed E-state index contributed by atoms with van der Waals surface area (Å²) in [6.07, 6.45) is 1.64. The Morgan fingerprint density at radius 1 is 1.10 bits per heavy atom. The van der Waals surface area contributed by atoms with Crippen LogP contribution in [0.15, 0.2) is 42.2 Å². The molecular weight excluding hydrogens is 311 g/mol. The molecule has 2 aromatic carbocycles. The number of carbonyl (C=O) groups is 1. The molecule has 0 aliphatic carbocycles. The molecule has 0 saturated carbocycles. The van der Waals surface area contributed by atoms with Gasteiger partial charge in [-0.3, -0.25) is 4.79 Å². The predicted molar refractivity (Wildman–Crippen MR) is 82.4 cm³/mol. The lowest BCUT2D eigenvalue weighted by molar-refractivity contribution is 0.101. The van der Waals surface area contributed by atoms with Crippen molar-refractivity contribution in [1.29, 1.82) is 0 Å². The number of benzene rings is 2. The third-order valence-corrected chi connectivity index (χ3v) is 3.86. The van der Waals surface area contributed by atoms with Gasteiger partial charge >= 0.3 is 0 Å². The molecule has 0 N–H and O–H groups in total. The third kappa shape index (κ3) is 2.62. The number of allylic oxidation sites excluding steroid dienone is 1. The molecule has 21 heavy (non-hydrogen) atoms. The number of ether oxygens (including phenoxy) is 2. The zero-order valence-electron chi connectivity index (χ0n) is 11.0. The van der Waals surface area contributed by atoms with Gasteiger partial charge in [0.15, 0.2) is 5.76 Å². The van der Waals surface area contributed by atoms with Gasteiger partial charge in [0.25, 0.3) is 0 Å². The first-order chi connectivity index (χ1) is 10.1. The summed E-state index contributed by atoms with van der Waals surface area (Å²) in [5, 5.41) is 0.890. The van der Waals surface area contributed by atoms with Crippen LogP contribution in [0.3, 0.4) is 0 Å². The summed E-state index contributed by atoms with van der Waals surface area (Å²) in [4.78, 5) is 12.3. The Balaban J connectivity index is 1.96. The fraction of sp³-hybridized carbons (Fsp3) is 0.0625. The molecule has 0 bridgehead atoms. The SMILES string of the molecule is COc1ccc2c(c1)O/C(=C/c1ccc(Cl)c(Cl)c1)C2=O. The molecule has 0 fully saturated rings. The van der Waals surface area contributed by atoms with E-state index in [2.05, 4.69) is 0 Å². The summed E-state index contributed by atoms with van der Waals surface area (Å²) in [5.41, 5.74) is 1.26. The summed E-state index contributed by atoms with van der Waals surface area (Å²) in [6, 6.07) is 10.2. The van der Waals surface area contributed by atoms with E-state index in [0.29, 0.717) is 27.1 Å². The second kappa shape index (κ2) is 5.43. The molecule has 3 nitrogen and oxygen atoms in total. The van der Waals surface area contributed by atoms with Crippen molar-refractivity contribution < 1.29 is 14.3 Å². The number of halogens is 2. The summed E-state index contributed by atoms with van der Waals surface area (Å²) < 4.78 is 10.7. The van der Waals surface area contributed by atoms with Crippen molar-refractivity contribution in [2.24, 2.45) is 0 Å². The van der Waals surface area contributed by atoms with Crippen LogP contribution in [0.5, 0.6) is 11.5 Å². The molecule has 0 unspecified atom stereocenters. The molecule has 3 rings (SSSR count). The molecule has 0 radical (unpaired) electrons. The van der Waals surface area contributed by atoms with Gasteiger partial charge in [-0.1, -0.05) is 29.3 Å². The quantitative estimate of drug-likeness (QED) is 0.757. The van der Waals surface area contributed by atoms with Crippen LogP contribution in [0.2, 0.25) is 10.0 Å². The van der Waals surface area contributed by atoms with Crippen LogP contribution in [-0.4, -0.2) is 12.9 Å². The molecule has 106 valence electrons. The molecule has 5 heteroatoms. The number of hydrogen-bond acceptors (Lipinski definition) is 3.